The van der Waals surface area contributed by atoms with Crippen molar-refractivity contribution in [3.63, 3.8) is 0 Å². The first-order chi connectivity index (χ1) is 7.36. The molecule has 3 nitrogen and oxygen atoms in total. The number of hydrogen-bond donors (Lipinski definition) is 1. The van der Waals surface area contributed by atoms with Gasteiger partial charge in [0.25, 0.3) is 0 Å². The van der Waals surface area contributed by atoms with E-state index in [1.165, 1.54) is 38.8 Å². The quantitative estimate of drug-likeness (QED) is 0.759. The van der Waals surface area contributed by atoms with E-state index in [1.807, 2.05) is 0 Å². The summed E-state index contributed by atoms with van der Waals surface area (Å²) >= 11 is 0. The largest absolute Gasteiger partial charge is 0.380 e. The zero-order chi connectivity index (χ0) is 10.5. The van der Waals surface area contributed by atoms with Crippen LogP contribution >= 0.6 is 0 Å². The van der Waals surface area contributed by atoms with Gasteiger partial charge >= 0.3 is 0 Å². The van der Waals surface area contributed by atoms with Crippen LogP contribution in [0.2, 0.25) is 0 Å². The zero-order valence-corrected chi connectivity index (χ0v) is 9.87. The highest BCUT2D eigenvalue weighted by atomic mass is 16.5. The van der Waals surface area contributed by atoms with Crippen LogP contribution in [-0.2, 0) is 4.74 Å². The summed E-state index contributed by atoms with van der Waals surface area (Å²) in [6.45, 7) is 7.90. The predicted molar refractivity (Wildman–Crippen MR) is 62.1 cm³/mol. The van der Waals surface area contributed by atoms with Crippen molar-refractivity contribution in [3.05, 3.63) is 0 Å². The lowest BCUT2D eigenvalue weighted by Crippen LogP contribution is -2.45. The molecular weight excluding hydrogens is 188 g/mol. The topological polar surface area (TPSA) is 24.5 Å². The SMILES string of the molecule is CC(CNC1CCOC1)N1CCCCC1. The van der Waals surface area contributed by atoms with Crippen LogP contribution in [0, 0.1) is 0 Å². The second-order valence-corrected chi connectivity index (χ2v) is 4.91. The van der Waals surface area contributed by atoms with E-state index < -0.39 is 0 Å². The molecule has 2 fully saturated rings. The highest BCUT2D eigenvalue weighted by Gasteiger charge is 2.19. The van der Waals surface area contributed by atoms with E-state index in [4.69, 9.17) is 4.74 Å². The number of hydrogen-bond acceptors (Lipinski definition) is 3. The second kappa shape index (κ2) is 5.83. The lowest BCUT2D eigenvalue weighted by molar-refractivity contribution is 0.162. The van der Waals surface area contributed by atoms with Crippen LogP contribution in [0.25, 0.3) is 0 Å². The number of nitrogens with one attached hydrogen (secondary N) is 1. The fraction of sp³-hybridized carbons (Fsp3) is 1.00. The minimum Gasteiger partial charge on any atom is -0.380 e. The van der Waals surface area contributed by atoms with Gasteiger partial charge in [-0.25, -0.2) is 0 Å². The Morgan fingerprint density at radius 2 is 2.13 bits per heavy atom. The third kappa shape index (κ3) is 3.44. The molecule has 2 unspecified atom stereocenters. The Morgan fingerprint density at radius 3 is 2.80 bits per heavy atom. The monoisotopic (exact) mass is 212 g/mol. The van der Waals surface area contributed by atoms with Gasteiger partial charge in [0.1, 0.15) is 0 Å². The molecule has 2 aliphatic rings. The maximum absolute atomic E-state index is 5.36. The summed E-state index contributed by atoms with van der Waals surface area (Å²) in [5.41, 5.74) is 0. The Kier molecular flexibility index (Phi) is 4.42. The summed E-state index contributed by atoms with van der Waals surface area (Å²) in [6, 6.07) is 1.29. The molecule has 2 saturated heterocycles. The van der Waals surface area contributed by atoms with Gasteiger partial charge in [0, 0.05) is 25.2 Å². The van der Waals surface area contributed by atoms with Crippen LogP contribution in [0.4, 0.5) is 0 Å². The smallest absolute Gasteiger partial charge is 0.0620 e. The first kappa shape index (κ1) is 11.4. The van der Waals surface area contributed by atoms with Crippen molar-refractivity contribution in [3.8, 4) is 0 Å². The van der Waals surface area contributed by atoms with Crippen molar-refractivity contribution in [2.75, 3.05) is 32.8 Å². The summed E-state index contributed by atoms with van der Waals surface area (Å²) in [6.07, 6.45) is 5.38. The van der Waals surface area contributed by atoms with Crippen molar-refractivity contribution >= 4 is 0 Å². The number of likely N-dealkylation sites (tertiary alicyclic amines) is 1. The molecule has 0 aliphatic carbocycles. The molecule has 0 spiro atoms. The minimum absolute atomic E-state index is 0.609. The van der Waals surface area contributed by atoms with Gasteiger partial charge < -0.3 is 10.1 Å². The molecule has 0 aromatic carbocycles. The Hall–Kier alpha value is -0.120. The summed E-state index contributed by atoms with van der Waals surface area (Å²) in [5, 5.41) is 3.61. The molecule has 2 aliphatic heterocycles. The number of piperidine rings is 1. The van der Waals surface area contributed by atoms with Gasteiger partial charge in [0.15, 0.2) is 0 Å². The summed E-state index contributed by atoms with van der Waals surface area (Å²) < 4.78 is 5.36. The molecule has 15 heavy (non-hydrogen) atoms. The summed E-state index contributed by atoms with van der Waals surface area (Å²) in [7, 11) is 0. The Bertz CT molecular complexity index is 174. The maximum Gasteiger partial charge on any atom is 0.0620 e. The average molecular weight is 212 g/mol. The van der Waals surface area contributed by atoms with Gasteiger partial charge in [-0.15, -0.1) is 0 Å². The fourth-order valence-corrected chi connectivity index (χ4v) is 2.52. The van der Waals surface area contributed by atoms with Gasteiger partial charge in [-0.2, -0.15) is 0 Å². The van der Waals surface area contributed by atoms with E-state index in [0.29, 0.717) is 12.1 Å². The Morgan fingerprint density at radius 1 is 1.33 bits per heavy atom. The number of nitrogens with zero attached hydrogens (tertiary/aromatic N) is 1. The standard InChI is InChI=1S/C12H24N2O/c1-11(14-6-3-2-4-7-14)9-13-12-5-8-15-10-12/h11-13H,2-10H2,1H3. The molecule has 3 heteroatoms. The second-order valence-electron chi connectivity index (χ2n) is 4.91. The molecule has 0 aromatic rings. The summed E-state index contributed by atoms with van der Waals surface area (Å²) in [5.74, 6) is 0. The lowest BCUT2D eigenvalue weighted by Gasteiger charge is -2.33. The van der Waals surface area contributed by atoms with Gasteiger partial charge in [0.05, 0.1) is 6.61 Å². The maximum atomic E-state index is 5.36. The molecule has 88 valence electrons. The van der Waals surface area contributed by atoms with Crippen molar-refractivity contribution in [2.24, 2.45) is 0 Å². The molecule has 2 heterocycles. The van der Waals surface area contributed by atoms with E-state index >= 15 is 0 Å². The van der Waals surface area contributed by atoms with E-state index in [0.717, 1.165) is 19.8 Å². The first-order valence-corrected chi connectivity index (χ1v) is 6.41. The molecule has 2 atom stereocenters. The van der Waals surface area contributed by atoms with Crippen molar-refractivity contribution in [1.29, 1.82) is 0 Å². The molecule has 1 N–H and O–H groups in total. The normalized spacial score (nSPS) is 30.6. The Labute approximate surface area is 93.2 Å². The third-order valence-electron chi connectivity index (χ3n) is 3.65. The van der Waals surface area contributed by atoms with Crippen LogP contribution in [0.5, 0.6) is 0 Å². The van der Waals surface area contributed by atoms with Crippen molar-refractivity contribution < 1.29 is 4.74 Å². The first-order valence-electron chi connectivity index (χ1n) is 6.41. The van der Waals surface area contributed by atoms with Gasteiger partial charge in [0.2, 0.25) is 0 Å². The molecule has 0 saturated carbocycles. The highest BCUT2D eigenvalue weighted by molar-refractivity contribution is 4.77. The van der Waals surface area contributed by atoms with Gasteiger partial charge in [-0.05, 0) is 39.3 Å². The van der Waals surface area contributed by atoms with Crippen LogP contribution in [0.1, 0.15) is 32.6 Å². The van der Waals surface area contributed by atoms with E-state index in [-0.39, 0.29) is 0 Å². The average Bonchev–Trinajstić information content (AvgIpc) is 2.80. The van der Waals surface area contributed by atoms with Crippen LogP contribution in [-0.4, -0.2) is 49.8 Å². The van der Waals surface area contributed by atoms with Crippen LogP contribution in [0.15, 0.2) is 0 Å². The third-order valence-corrected chi connectivity index (χ3v) is 3.65. The molecule has 2 rings (SSSR count). The number of ether oxygens (including phenoxy) is 1. The zero-order valence-electron chi connectivity index (χ0n) is 9.87. The molecule has 0 bridgehead atoms. The lowest BCUT2D eigenvalue weighted by atomic mass is 10.1. The minimum atomic E-state index is 0.609. The molecule has 0 aromatic heterocycles. The van der Waals surface area contributed by atoms with E-state index in [2.05, 4.69) is 17.1 Å². The fourth-order valence-electron chi connectivity index (χ4n) is 2.52. The van der Waals surface area contributed by atoms with Gasteiger partial charge in [-0.1, -0.05) is 6.42 Å². The number of rotatable bonds is 4. The molecular formula is C12H24N2O. The Balaban J connectivity index is 1.64. The van der Waals surface area contributed by atoms with E-state index in [9.17, 15) is 0 Å². The predicted octanol–water partition coefficient (Wildman–Crippen LogP) is 1.24. The van der Waals surface area contributed by atoms with Crippen molar-refractivity contribution in [2.45, 2.75) is 44.7 Å². The highest BCUT2D eigenvalue weighted by Crippen LogP contribution is 2.12. The van der Waals surface area contributed by atoms with Gasteiger partial charge in [-0.3, -0.25) is 4.90 Å². The molecule has 0 radical (unpaired) electrons. The van der Waals surface area contributed by atoms with Crippen molar-refractivity contribution in [1.82, 2.24) is 10.2 Å². The van der Waals surface area contributed by atoms with Crippen LogP contribution < -0.4 is 5.32 Å². The van der Waals surface area contributed by atoms with Crippen LogP contribution in [0.3, 0.4) is 0 Å². The molecule has 0 amide bonds. The van der Waals surface area contributed by atoms with E-state index in [1.54, 1.807) is 0 Å². The summed E-state index contributed by atoms with van der Waals surface area (Å²) in [4.78, 5) is 2.62.